The van der Waals surface area contributed by atoms with Crippen LogP contribution >= 0.6 is 0 Å². The minimum atomic E-state index is 0.666. The van der Waals surface area contributed by atoms with Crippen LogP contribution in [0.3, 0.4) is 0 Å². The largest absolute Gasteiger partial charge is 0.472 e. The van der Waals surface area contributed by atoms with E-state index in [0.29, 0.717) is 5.92 Å². The van der Waals surface area contributed by atoms with Gasteiger partial charge in [-0.05, 0) is 24.8 Å². The summed E-state index contributed by atoms with van der Waals surface area (Å²) in [6.45, 7) is 4.27. The van der Waals surface area contributed by atoms with Gasteiger partial charge in [-0.25, -0.2) is 9.97 Å². The van der Waals surface area contributed by atoms with E-state index in [1.54, 1.807) is 31.1 Å². The van der Waals surface area contributed by atoms with Crippen molar-refractivity contribution >= 4 is 5.95 Å². The number of piperidine rings is 1. The number of nitrogens with zero attached hydrogens (tertiary/aromatic N) is 5. The monoisotopic (exact) mass is 321 g/mol. The highest BCUT2D eigenvalue weighted by atomic mass is 16.3. The molecule has 1 saturated heterocycles. The zero-order valence-corrected chi connectivity index (χ0v) is 13.6. The lowest BCUT2D eigenvalue weighted by atomic mass is 10.0. The minimum Gasteiger partial charge on any atom is -0.472 e. The summed E-state index contributed by atoms with van der Waals surface area (Å²) in [6, 6.07) is 1.91. The zero-order valence-electron chi connectivity index (χ0n) is 13.6. The Balaban J connectivity index is 1.78. The minimum absolute atomic E-state index is 0.666. The molecular formula is C18H19N5O. The second-order valence-electron chi connectivity index (χ2n) is 6.23. The molecule has 24 heavy (non-hydrogen) atoms. The van der Waals surface area contributed by atoms with Crippen molar-refractivity contribution in [1.29, 1.82) is 0 Å². The van der Waals surface area contributed by atoms with Crippen LogP contribution in [0.25, 0.3) is 22.5 Å². The summed E-state index contributed by atoms with van der Waals surface area (Å²) in [6.07, 6.45) is 12.7. The van der Waals surface area contributed by atoms with E-state index in [-0.39, 0.29) is 0 Å². The smallest absolute Gasteiger partial charge is 0.225 e. The quantitative estimate of drug-likeness (QED) is 0.736. The van der Waals surface area contributed by atoms with E-state index in [9.17, 15) is 0 Å². The van der Waals surface area contributed by atoms with Crippen molar-refractivity contribution in [2.24, 2.45) is 5.92 Å². The molecule has 1 aliphatic heterocycles. The van der Waals surface area contributed by atoms with Gasteiger partial charge in [0.05, 0.1) is 30.1 Å². The van der Waals surface area contributed by atoms with Crippen molar-refractivity contribution in [3.8, 4) is 22.5 Å². The van der Waals surface area contributed by atoms with E-state index in [2.05, 4.69) is 26.8 Å². The molecule has 0 amide bonds. The van der Waals surface area contributed by atoms with E-state index in [4.69, 9.17) is 9.40 Å². The molecule has 0 aliphatic carbocycles. The number of rotatable bonds is 3. The summed E-state index contributed by atoms with van der Waals surface area (Å²) in [5.74, 6) is 1.43. The van der Waals surface area contributed by atoms with E-state index < -0.39 is 0 Å². The van der Waals surface area contributed by atoms with Gasteiger partial charge in [0.1, 0.15) is 0 Å². The van der Waals surface area contributed by atoms with Crippen molar-refractivity contribution < 1.29 is 4.42 Å². The lowest BCUT2D eigenvalue weighted by Gasteiger charge is -2.31. The molecule has 0 aromatic carbocycles. The van der Waals surface area contributed by atoms with Crippen LogP contribution in [0.5, 0.6) is 0 Å². The van der Waals surface area contributed by atoms with Crippen LogP contribution in [0.1, 0.15) is 19.8 Å². The third-order valence-corrected chi connectivity index (χ3v) is 4.35. The Labute approximate surface area is 140 Å². The third kappa shape index (κ3) is 2.87. The average Bonchev–Trinajstić information content (AvgIpc) is 3.16. The summed E-state index contributed by atoms with van der Waals surface area (Å²) in [5, 5.41) is 0. The van der Waals surface area contributed by atoms with Gasteiger partial charge in [-0.2, -0.15) is 0 Å². The summed E-state index contributed by atoms with van der Waals surface area (Å²) in [4.78, 5) is 20.2. The maximum Gasteiger partial charge on any atom is 0.225 e. The first-order valence-corrected chi connectivity index (χ1v) is 8.22. The first kappa shape index (κ1) is 14.8. The predicted molar refractivity (Wildman–Crippen MR) is 91.4 cm³/mol. The van der Waals surface area contributed by atoms with Crippen LogP contribution < -0.4 is 4.90 Å². The standard InChI is InChI=1S/C18H19N5O/c1-13-3-2-7-23(11-13)18-21-9-15(16-10-19-5-6-20-16)17(22-18)14-4-8-24-12-14/h4-6,8-10,12-13H,2-3,7,11H2,1H3/t13-/m0/s1. The summed E-state index contributed by atoms with van der Waals surface area (Å²) < 4.78 is 5.25. The average molecular weight is 321 g/mol. The van der Waals surface area contributed by atoms with Crippen LogP contribution in [0.2, 0.25) is 0 Å². The first-order chi connectivity index (χ1) is 11.8. The second-order valence-corrected chi connectivity index (χ2v) is 6.23. The van der Waals surface area contributed by atoms with E-state index >= 15 is 0 Å². The van der Waals surface area contributed by atoms with Gasteiger partial charge in [-0.1, -0.05) is 6.92 Å². The lowest BCUT2D eigenvalue weighted by Crippen LogP contribution is -2.35. The molecule has 122 valence electrons. The van der Waals surface area contributed by atoms with Crippen LogP contribution in [-0.4, -0.2) is 33.0 Å². The van der Waals surface area contributed by atoms with Gasteiger partial charge in [-0.3, -0.25) is 9.97 Å². The van der Waals surface area contributed by atoms with Gasteiger partial charge < -0.3 is 9.32 Å². The number of hydrogen-bond donors (Lipinski definition) is 0. The van der Waals surface area contributed by atoms with E-state index in [1.807, 2.05) is 12.3 Å². The Morgan fingerprint density at radius 2 is 2.17 bits per heavy atom. The molecule has 3 aromatic rings. The topological polar surface area (TPSA) is 67.9 Å². The van der Waals surface area contributed by atoms with Gasteiger partial charge in [-0.15, -0.1) is 0 Å². The third-order valence-electron chi connectivity index (χ3n) is 4.35. The summed E-state index contributed by atoms with van der Waals surface area (Å²) >= 11 is 0. The van der Waals surface area contributed by atoms with Crippen molar-refractivity contribution in [2.45, 2.75) is 19.8 Å². The fraction of sp³-hybridized carbons (Fsp3) is 0.333. The van der Waals surface area contributed by atoms with Gasteiger partial charge in [0, 0.05) is 42.8 Å². The molecule has 6 nitrogen and oxygen atoms in total. The van der Waals surface area contributed by atoms with Crippen molar-refractivity contribution in [3.63, 3.8) is 0 Å². The van der Waals surface area contributed by atoms with Gasteiger partial charge in [0.25, 0.3) is 0 Å². The molecule has 3 aromatic heterocycles. The zero-order chi connectivity index (χ0) is 16.4. The van der Waals surface area contributed by atoms with Gasteiger partial charge in [0.15, 0.2) is 0 Å². The fourth-order valence-electron chi connectivity index (χ4n) is 3.14. The lowest BCUT2D eigenvalue weighted by molar-refractivity contribution is 0.442. The molecule has 1 atom stereocenters. The van der Waals surface area contributed by atoms with E-state index in [0.717, 1.165) is 41.6 Å². The van der Waals surface area contributed by atoms with Crippen LogP contribution in [0.15, 0.2) is 47.8 Å². The highest BCUT2D eigenvalue weighted by molar-refractivity contribution is 5.78. The van der Waals surface area contributed by atoms with E-state index in [1.165, 1.54) is 12.8 Å². The molecule has 0 N–H and O–H groups in total. The van der Waals surface area contributed by atoms with Crippen molar-refractivity contribution in [1.82, 2.24) is 19.9 Å². The Bertz CT molecular complexity index is 804. The molecule has 4 rings (SSSR count). The molecule has 4 heterocycles. The van der Waals surface area contributed by atoms with Crippen molar-refractivity contribution in [3.05, 3.63) is 43.4 Å². The second kappa shape index (κ2) is 6.39. The predicted octanol–water partition coefficient (Wildman–Crippen LogP) is 3.43. The molecule has 0 radical (unpaired) electrons. The van der Waals surface area contributed by atoms with Gasteiger partial charge >= 0.3 is 0 Å². The molecule has 0 spiro atoms. The first-order valence-electron chi connectivity index (χ1n) is 8.22. The SMILES string of the molecule is C[C@H]1CCCN(c2ncc(-c3cnccn3)c(-c3ccoc3)n2)C1. The maximum absolute atomic E-state index is 5.25. The molecule has 1 aliphatic rings. The van der Waals surface area contributed by atoms with Crippen molar-refractivity contribution in [2.75, 3.05) is 18.0 Å². The highest BCUT2D eigenvalue weighted by Gasteiger charge is 2.21. The molecule has 0 bridgehead atoms. The summed E-state index contributed by atoms with van der Waals surface area (Å²) in [7, 11) is 0. The number of hydrogen-bond acceptors (Lipinski definition) is 6. The Hall–Kier alpha value is -2.76. The van der Waals surface area contributed by atoms with Crippen LogP contribution in [-0.2, 0) is 0 Å². The molecular weight excluding hydrogens is 302 g/mol. The maximum atomic E-state index is 5.25. The number of anilines is 1. The molecule has 0 saturated carbocycles. The number of furan rings is 1. The normalized spacial score (nSPS) is 17.9. The fourth-order valence-corrected chi connectivity index (χ4v) is 3.14. The van der Waals surface area contributed by atoms with Gasteiger partial charge in [0.2, 0.25) is 5.95 Å². The van der Waals surface area contributed by atoms with Crippen LogP contribution in [0.4, 0.5) is 5.95 Å². The van der Waals surface area contributed by atoms with Crippen LogP contribution in [0, 0.1) is 5.92 Å². The Morgan fingerprint density at radius 3 is 2.92 bits per heavy atom. The summed E-state index contributed by atoms with van der Waals surface area (Å²) in [5.41, 5.74) is 3.36. The molecule has 0 unspecified atom stereocenters. The number of aromatic nitrogens is 4. The Kier molecular flexibility index (Phi) is 3.94. The Morgan fingerprint density at radius 1 is 1.21 bits per heavy atom. The molecule has 6 heteroatoms. The molecule has 1 fully saturated rings. The highest BCUT2D eigenvalue weighted by Crippen LogP contribution is 2.31.